The van der Waals surface area contributed by atoms with Gasteiger partial charge in [-0.05, 0) is 36.8 Å². The number of esters is 1. The van der Waals surface area contributed by atoms with Crippen LogP contribution >= 0.6 is 0 Å². The summed E-state index contributed by atoms with van der Waals surface area (Å²) in [7, 11) is 0. The maximum Gasteiger partial charge on any atom is 0.308 e. The van der Waals surface area contributed by atoms with Gasteiger partial charge in [0.1, 0.15) is 0 Å². The predicted octanol–water partition coefficient (Wildman–Crippen LogP) is 3.97. The fraction of sp³-hybridized carbons (Fsp3) is 0.192. The number of rotatable bonds is 9. The van der Waals surface area contributed by atoms with Crippen LogP contribution in [0.25, 0.3) is 0 Å². The van der Waals surface area contributed by atoms with Crippen molar-refractivity contribution in [1.82, 2.24) is 5.32 Å². The Morgan fingerprint density at radius 2 is 1.41 bits per heavy atom. The molecule has 0 aliphatic heterocycles. The Bertz CT molecular complexity index is 1020. The summed E-state index contributed by atoms with van der Waals surface area (Å²) in [6.07, 6.45) is -0.0319. The molecule has 2 amide bonds. The van der Waals surface area contributed by atoms with Gasteiger partial charge in [0.25, 0.3) is 11.8 Å². The molecule has 32 heavy (non-hydrogen) atoms. The predicted molar refractivity (Wildman–Crippen MR) is 123 cm³/mol. The highest BCUT2D eigenvalue weighted by molar-refractivity contribution is 5.95. The molecule has 0 aromatic heterocycles. The molecular formula is C26H26N2O4. The van der Waals surface area contributed by atoms with Gasteiger partial charge in [-0.15, -0.1) is 0 Å². The molecule has 3 rings (SSSR count). The van der Waals surface area contributed by atoms with Gasteiger partial charge in [-0.1, -0.05) is 66.7 Å². The van der Waals surface area contributed by atoms with Crippen LogP contribution in [-0.4, -0.2) is 30.4 Å². The first-order valence-electron chi connectivity index (χ1n) is 10.4. The standard InChI is InChI=1S/C26H26N2O4/c1-20(27-26(31)22-13-7-3-8-14-22)17-25(30)32-19-24(29)28(23-15-9-4-10-16-23)18-21-11-5-2-6-12-21/h2-16,20H,17-19H2,1H3,(H,27,31). The van der Waals surface area contributed by atoms with E-state index >= 15 is 0 Å². The molecule has 6 heteroatoms. The minimum Gasteiger partial charge on any atom is -0.455 e. The molecule has 0 aliphatic rings. The first kappa shape index (κ1) is 22.7. The Hall–Kier alpha value is -3.93. The number of anilines is 1. The average Bonchev–Trinajstić information content (AvgIpc) is 2.82. The van der Waals surface area contributed by atoms with E-state index < -0.39 is 12.0 Å². The number of amides is 2. The van der Waals surface area contributed by atoms with Crippen LogP contribution in [0, 0.1) is 0 Å². The minimum absolute atomic E-state index is 0.0319. The lowest BCUT2D eigenvalue weighted by Gasteiger charge is -2.23. The van der Waals surface area contributed by atoms with Crippen molar-refractivity contribution in [3.63, 3.8) is 0 Å². The van der Waals surface area contributed by atoms with Crippen molar-refractivity contribution in [2.45, 2.75) is 25.9 Å². The highest BCUT2D eigenvalue weighted by Gasteiger charge is 2.19. The highest BCUT2D eigenvalue weighted by Crippen LogP contribution is 2.17. The smallest absolute Gasteiger partial charge is 0.308 e. The number of ether oxygens (including phenoxy) is 1. The summed E-state index contributed by atoms with van der Waals surface area (Å²) in [5, 5.41) is 2.76. The van der Waals surface area contributed by atoms with E-state index in [-0.39, 0.29) is 24.8 Å². The summed E-state index contributed by atoms with van der Waals surface area (Å²) in [4.78, 5) is 38.9. The fourth-order valence-electron chi connectivity index (χ4n) is 3.17. The topological polar surface area (TPSA) is 75.7 Å². The number of para-hydroxylation sites is 1. The molecular weight excluding hydrogens is 404 g/mol. The van der Waals surface area contributed by atoms with Crippen LogP contribution in [0.4, 0.5) is 5.69 Å². The lowest BCUT2D eigenvalue weighted by molar-refractivity contribution is -0.148. The van der Waals surface area contributed by atoms with Gasteiger partial charge in [-0.2, -0.15) is 0 Å². The second-order valence-electron chi connectivity index (χ2n) is 7.41. The summed E-state index contributed by atoms with van der Waals surface area (Å²) in [5.74, 6) is -1.14. The Balaban J connectivity index is 1.54. The monoisotopic (exact) mass is 430 g/mol. The number of hydrogen-bond acceptors (Lipinski definition) is 4. The van der Waals surface area contributed by atoms with Crippen molar-refractivity contribution in [1.29, 1.82) is 0 Å². The molecule has 0 bridgehead atoms. The largest absolute Gasteiger partial charge is 0.455 e. The second kappa shape index (κ2) is 11.5. The SMILES string of the molecule is CC(CC(=O)OCC(=O)N(Cc1ccccc1)c1ccccc1)NC(=O)c1ccccc1. The van der Waals surface area contributed by atoms with Gasteiger partial charge in [0.2, 0.25) is 0 Å². The van der Waals surface area contributed by atoms with Crippen LogP contribution in [-0.2, 0) is 20.9 Å². The molecule has 0 saturated heterocycles. The third-order valence-corrected chi connectivity index (χ3v) is 4.80. The molecule has 0 aliphatic carbocycles. The summed E-state index contributed by atoms with van der Waals surface area (Å²) in [5.41, 5.74) is 2.21. The van der Waals surface area contributed by atoms with Gasteiger partial charge in [0, 0.05) is 17.3 Å². The van der Waals surface area contributed by atoms with Crippen molar-refractivity contribution >= 4 is 23.5 Å². The second-order valence-corrected chi connectivity index (χ2v) is 7.41. The molecule has 0 fully saturated rings. The molecule has 3 aromatic rings. The fourth-order valence-corrected chi connectivity index (χ4v) is 3.17. The number of benzene rings is 3. The lowest BCUT2D eigenvalue weighted by atomic mass is 10.2. The molecule has 164 valence electrons. The zero-order chi connectivity index (χ0) is 22.8. The summed E-state index contributed by atoms with van der Waals surface area (Å²) < 4.78 is 5.22. The number of carbonyl (C=O) groups excluding carboxylic acids is 3. The maximum absolute atomic E-state index is 12.9. The van der Waals surface area contributed by atoms with Gasteiger partial charge in [0.05, 0.1) is 13.0 Å². The van der Waals surface area contributed by atoms with Crippen LogP contribution in [0.3, 0.4) is 0 Å². The zero-order valence-corrected chi connectivity index (χ0v) is 17.9. The quantitative estimate of drug-likeness (QED) is 0.521. The first-order valence-corrected chi connectivity index (χ1v) is 10.4. The normalized spacial score (nSPS) is 11.3. The van der Waals surface area contributed by atoms with E-state index in [4.69, 9.17) is 4.74 Å². The summed E-state index contributed by atoms with van der Waals surface area (Å²) in [6, 6.07) is 27.2. The van der Waals surface area contributed by atoms with Crippen molar-refractivity contribution in [3.05, 3.63) is 102 Å². The van der Waals surface area contributed by atoms with Gasteiger partial charge in [-0.25, -0.2) is 0 Å². The molecule has 0 saturated carbocycles. The van der Waals surface area contributed by atoms with Crippen molar-refractivity contribution < 1.29 is 19.1 Å². The van der Waals surface area contributed by atoms with Crippen molar-refractivity contribution in [2.75, 3.05) is 11.5 Å². The lowest BCUT2D eigenvalue weighted by Crippen LogP contribution is -2.36. The molecule has 0 heterocycles. The molecule has 1 unspecified atom stereocenters. The third-order valence-electron chi connectivity index (χ3n) is 4.80. The van der Waals surface area contributed by atoms with E-state index in [0.717, 1.165) is 11.3 Å². The van der Waals surface area contributed by atoms with E-state index in [1.54, 1.807) is 36.1 Å². The molecule has 3 aromatic carbocycles. The van der Waals surface area contributed by atoms with Crippen LogP contribution in [0.2, 0.25) is 0 Å². The van der Waals surface area contributed by atoms with Gasteiger partial charge in [-0.3, -0.25) is 14.4 Å². The molecule has 0 radical (unpaired) electrons. The number of nitrogens with one attached hydrogen (secondary N) is 1. The van der Waals surface area contributed by atoms with Crippen LogP contribution in [0.5, 0.6) is 0 Å². The minimum atomic E-state index is -0.549. The summed E-state index contributed by atoms with van der Waals surface area (Å²) >= 11 is 0. The van der Waals surface area contributed by atoms with E-state index in [0.29, 0.717) is 12.1 Å². The molecule has 1 atom stereocenters. The van der Waals surface area contributed by atoms with Crippen LogP contribution in [0.15, 0.2) is 91.0 Å². The highest BCUT2D eigenvalue weighted by atomic mass is 16.5. The number of hydrogen-bond donors (Lipinski definition) is 1. The third kappa shape index (κ3) is 6.80. The van der Waals surface area contributed by atoms with E-state index in [9.17, 15) is 14.4 Å². The average molecular weight is 431 g/mol. The van der Waals surface area contributed by atoms with E-state index in [1.807, 2.05) is 66.7 Å². The summed E-state index contributed by atoms with van der Waals surface area (Å²) in [6.45, 7) is 1.71. The van der Waals surface area contributed by atoms with Crippen LogP contribution in [0.1, 0.15) is 29.3 Å². The van der Waals surface area contributed by atoms with Gasteiger partial charge in [0.15, 0.2) is 6.61 Å². The number of nitrogens with zero attached hydrogens (tertiary/aromatic N) is 1. The Labute approximate surface area is 187 Å². The maximum atomic E-state index is 12.9. The van der Waals surface area contributed by atoms with Crippen molar-refractivity contribution in [2.24, 2.45) is 0 Å². The zero-order valence-electron chi connectivity index (χ0n) is 17.9. The Morgan fingerprint density at radius 1 is 0.844 bits per heavy atom. The van der Waals surface area contributed by atoms with Gasteiger partial charge < -0.3 is 15.0 Å². The number of carbonyl (C=O) groups is 3. The van der Waals surface area contributed by atoms with Gasteiger partial charge >= 0.3 is 5.97 Å². The molecule has 6 nitrogen and oxygen atoms in total. The Kier molecular flexibility index (Phi) is 8.15. The van der Waals surface area contributed by atoms with Crippen LogP contribution < -0.4 is 10.2 Å². The molecule has 0 spiro atoms. The van der Waals surface area contributed by atoms with E-state index in [1.165, 1.54) is 0 Å². The Morgan fingerprint density at radius 3 is 2.03 bits per heavy atom. The molecule has 1 N–H and O–H groups in total. The van der Waals surface area contributed by atoms with Crippen molar-refractivity contribution in [3.8, 4) is 0 Å². The van der Waals surface area contributed by atoms with E-state index in [2.05, 4.69) is 5.32 Å². The first-order chi connectivity index (χ1) is 15.5.